The maximum atomic E-state index is 13.5. The molecule has 0 saturated heterocycles. The number of carbonyl (C=O) groups is 4. The zero-order valence-electron chi connectivity index (χ0n) is 28.0. The first-order valence-electron chi connectivity index (χ1n) is 16.4. The van der Waals surface area contributed by atoms with Gasteiger partial charge in [0, 0.05) is 11.4 Å². The van der Waals surface area contributed by atoms with E-state index in [0.29, 0.717) is 12.8 Å². The minimum atomic E-state index is -4.02. The molecule has 0 aromatic heterocycles. The summed E-state index contributed by atoms with van der Waals surface area (Å²) in [6.07, 6.45) is 0.991. The zero-order chi connectivity index (χ0) is 37.5. The van der Waals surface area contributed by atoms with Crippen molar-refractivity contribution >= 4 is 45.0 Å². The third-order valence-electron chi connectivity index (χ3n) is 8.47. The van der Waals surface area contributed by atoms with Gasteiger partial charge < -0.3 is 20.8 Å². The summed E-state index contributed by atoms with van der Waals surface area (Å²) < 4.78 is 26.9. The van der Waals surface area contributed by atoms with E-state index in [-0.39, 0.29) is 43.4 Å². The predicted molar refractivity (Wildman–Crippen MR) is 200 cm³/mol. The van der Waals surface area contributed by atoms with Gasteiger partial charge in [-0.2, -0.15) is 0 Å². The maximum Gasteiger partial charge on any atom is 0.336 e. The molecule has 0 bridgehead atoms. The molecule has 6 aromatic rings. The number of carboxylic acid groups (broad SMARTS) is 2. The second-order valence-corrected chi connectivity index (χ2v) is 14.1. The summed E-state index contributed by atoms with van der Waals surface area (Å²) in [4.78, 5) is 50.1. The highest BCUT2D eigenvalue weighted by atomic mass is 32.2. The standard InChI is InChI=1S/C42H32N2O8S/c45-39(37-25-29(11-21-35(37)41(47)48)23-27-7-3-1-4-8-27)43-31-13-17-33(18-14-31)53(51,52)34-19-15-32(16-20-34)44-40(46)38-26-30(12-22-36(38)42(49)50)24-28-9-5-2-6-10-28/h1-22,25-26H,23-24H2,(H,43,45)(H,44,46)(H,47,48)(H,49,50). The highest BCUT2D eigenvalue weighted by Crippen LogP contribution is 2.26. The minimum Gasteiger partial charge on any atom is -0.478 e. The molecule has 0 aliphatic heterocycles. The van der Waals surface area contributed by atoms with Gasteiger partial charge in [-0.3, -0.25) is 9.59 Å². The van der Waals surface area contributed by atoms with Crippen LogP contribution in [0.5, 0.6) is 0 Å². The lowest BCUT2D eigenvalue weighted by Gasteiger charge is -2.12. The third-order valence-corrected chi connectivity index (χ3v) is 10.3. The topological polar surface area (TPSA) is 167 Å². The molecule has 6 rings (SSSR count). The van der Waals surface area contributed by atoms with Crippen molar-refractivity contribution in [3.8, 4) is 0 Å². The van der Waals surface area contributed by atoms with Crippen LogP contribution in [0.1, 0.15) is 63.7 Å². The summed E-state index contributed by atoms with van der Waals surface area (Å²) in [5, 5.41) is 24.7. The smallest absolute Gasteiger partial charge is 0.336 e. The monoisotopic (exact) mass is 724 g/mol. The maximum absolute atomic E-state index is 13.5. The van der Waals surface area contributed by atoms with Crippen LogP contribution in [0.15, 0.2) is 155 Å². The largest absolute Gasteiger partial charge is 0.478 e. The minimum absolute atomic E-state index is 0.0334. The summed E-state index contributed by atoms with van der Waals surface area (Å²) >= 11 is 0. The molecule has 0 heterocycles. The quantitative estimate of drug-likeness (QED) is 0.100. The first kappa shape index (κ1) is 36.0. The van der Waals surface area contributed by atoms with Gasteiger partial charge in [0.1, 0.15) is 0 Å². The van der Waals surface area contributed by atoms with Crippen LogP contribution in [-0.4, -0.2) is 42.4 Å². The lowest BCUT2D eigenvalue weighted by atomic mass is 9.98. The molecule has 53 heavy (non-hydrogen) atoms. The lowest BCUT2D eigenvalue weighted by Crippen LogP contribution is -2.17. The Morgan fingerprint density at radius 2 is 0.792 bits per heavy atom. The van der Waals surface area contributed by atoms with Crippen molar-refractivity contribution in [2.75, 3.05) is 10.6 Å². The number of carboxylic acids is 2. The molecule has 6 aromatic carbocycles. The summed E-state index contributed by atoms with van der Waals surface area (Å²) in [5.41, 5.74) is 3.58. The second-order valence-electron chi connectivity index (χ2n) is 12.2. The Morgan fingerprint density at radius 1 is 0.434 bits per heavy atom. The number of sulfone groups is 1. The summed E-state index contributed by atoms with van der Waals surface area (Å²) in [5.74, 6) is -3.84. The van der Waals surface area contributed by atoms with E-state index in [1.165, 1.54) is 72.8 Å². The van der Waals surface area contributed by atoms with Crippen molar-refractivity contribution in [3.63, 3.8) is 0 Å². The summed E-state index contributed by atoms with van der Waals surface area (Å²) in [6, 6.07) is 39.1. The fraction of sp³-hybridized carbons (Fsp3) is 0.0476. The highest BCUT2D eigenvalue weighted by molar-refractivity contribution is 7.91. The van der Waals surface area contributed by atoms with Crippen LogP contribution >= 0.6 is 0 Å². The summed E-state index contributed by atoms with van der Waals surface area (Å²) in [7, 11) is -4.02. The number of benzene rings is 6. The average molecular weight is 725 g/mol. The first-order chi connectivity index (χ1) is 25.5. The average Bonchev–Trinajstić information content (AvgIpc) is 3.16. The van der Waals surface area contributed by atoms with Crippen LogP contribution in [0.3, 0.4) is 0 Å². The number of nitrogens with one attached hydrogen (secondary N) is 2. The van der Waals surface area contributed by atoms with Crippen molar-refractivity contribution in [2.45, 2.75) is 22.6 Å². The molecule has 0 aliphatic rings. The number of anilines is 2. The van der Waals surface area contributed by atoms with E-state index in [2.05, 4.69) is 10.6 Å². The highest BCUT2D eigenvalue weighted by Gasteiger charge is 2.22. The van der Waals surface area contributed by atoms with E-state index in [1.54, 1.807) is 12.1 Å². The van der Waals surface area contributed by atoms with Crippen LogP contribution in [-0.2, 0) is 22.7 Å². The van der Waals surface area contributed by atoms with Crippen LogP contribution in [0.25, 0.3) is 0 Å². The molecule has 0 atom stereocenters. The second kappa shape index (κ2) is 15.6. The first-order valence-corrected chi connectivity index (χ1v) is 17.8. The Hall–Kier alpha value is -6.85. The summed E-state index contributed by atoms with van der Waals surface area (Å²) in [6.45, 7) is 0. The number of hydrogen-bond donors (Lipinski definition) is 4. The molecule has 0 fully saturated rings. The zero-order valence-corrected chi connectivity index (χ0v) is 28.8. The Balaban J connectivity index is 1.14. The molecular formula is C42H32N2O8S. The van der Waals surface area contributed by atoms with Crippen molar-refractivity contribution in [3.05, 3.63) is 190 Å². The molecule has 10 nitrogen and oxygen atoms in total. The van der Waals surface area contributed by atoms with Gasteiger partial charge in [-0.25, -0.2) is 18.0 Å². The van der Waals surface area contributed by atoms with Crippen molar-refractivity contribution < 1.29 is 37.8 Å². The Bertz CT molecular complexity index is 2260. The van der Waals surface area contributed by atoms with Gasteiger partial charge in [0.05, 0.1) is 32.0 Å². The molecule has 0 radical (unpaired) electrons. The molecule has 264 valence electrons. The van der Waals surface area contributed by atoms with E-state index in [0.717, 1.165) is 22.3 Å². The van der Waals surface area contributed by atoms with Crippen LogP contribution in [0.2, 0.25) is 0 Å². The van der Waals surface area contributed by atoms with Crippen LogP contribution in [0.4, 0.5) is 11.4 Å². The lowest BCUT2D eigenvalue weighted by molar-refractivity contribution is 0.0683. The number of carbonyl (C=O) groups excluding carboxylic acids is 2. The Morgan fingerprint density at radius 3 is 1.13 bits per heavy atom. The molecule has 0 aliphatic carbocycles. The molecule has 0 spiro atoms. The van der Waals surface area contributed by atoms with E-state index < -0.39 is 33.6 Å². The van der Waals surface area contributed by atoms with E-state index in [4.69, 9.17) is 0 Å². The van der Waals surface area contributed by atoms with Gasteiger partial charge >= 0.3 is 11.9 Å². The number of rotatable bonds is 12. The molecule has 0 unspecified atom stereocenters. The van der Waals surface area contributed by atoms with Crippen LogP contribution < -0.4 is 10.6 Å². The molecule has 2 amide bonds. The molecular weight excluding hydrogens is 693 g/mol. The fourth-order valence-electron chi connectivity index (χ4n) is 5.78. The SMILES string of the molecule is O=C(O)c1ccc(Cc2ccccc2)cc1C(=O)Nc1ccc(S(=O)(=O)c2ccc(NC(=O)c3cc(Cc4ccccc4)ccc3C(=O)O)cc2)cc1. The van der Waals surface area contributed by atoms with Crippen molar-refractivity contribution in [1.29, 1.82) is 0 Å². The Labute approximate surface area is 305 Å². The third kappa shape index (κ3) is 8.55. The van der Waals surface area contributed by atoms with Crippen molar-refractivity contribution in [1.82, 2.24) is 0 Å². The molecule has 11 heteroatoms. The van der Waals surface area contributed by atoms with Gasteiger partial charge in [-0.05, 0) is 108 Å². The van der Waals surface area contributed by atoms with E-state index in [9.17, 15) is 37.8 Å². The van der Waals surface area contributed by atoms with Gasteiger partial charge in [0.15, 0.2) is 0 Å². The fourth-order valence-corrected chi connectivity index (χ4v) is 7.04. The van der Waals surface area contributed by atoms with E-state index >= 15 is 0 Å². The molecule has 4 N–H and O–H groups in total. The number of hydrogen-bond acceptors (Lipinski definition) is 6. The Kier molecular flexibility index (Phi) is 10.6. The van der Waals surface area contributed by atoms with Gasteiger partial charge in [0.2, 0.25) is 9.84 Å². The van der Waals surface area contributed by atoms with Crippen LogP contribution in [0, 0.1) is 0 Å². The van der Waals surface area contributed by atoms with Gasteiger partial charge in [0.25, 0.3) is 11.8 Å². The number of aromatic carboxylic acids is 2. The normalized spacial score (nSPS) is 11.0. The predicted octanol–water partition coefficient (Wildman–Crippen LogP) is 7.60. The number of amides is 2. The van der Waals surface area contributed by atoms with Gasteiger partial charge in [-0.1, -0.05) is 72.8 Å². The van der Waals surface area contributed by atoms with E-state index in [1.807, 2.05) is 60.7 Å². The molecule has 0 saturated carbocycles. The van der Waals surface area contributed by atoms with Gasteiger partial charge in [-0.15, -0.1) is 0 Å². The van der Waals surface area contributed by atoms with Crippen molar-refractivity contribution in [2.24, 2.45) is 0 Å².